The highest BCUT2D eigenvalue weighted by Gasteiger charge is 2.31. The van der Waals surface area contributed by atoms with Crippen LogP contribution in [-0.2, 0) is 13.6 Å². The molecule has 3 aromatic rings. The number of hydrogen-bond donors (Lipinski definition) is 0. The first-order valence-corrected chi connectivity index (χ1v) is 10.1. The molecule has 1 aliphatic heterocycles. The third kappa shape index (κ3) is 3.77. The molecule has 1 aliphatic rings. The zero-order chi connectivity index (χ0) is 22.3. The van der Waals surface area contributed by atoms with Gasteiger partial charge >= 0.3 is 0 Å². The van der Waals surface area contributed by atoms with E-state index in [-0.39, 0.29) is 23.3 Å². The van der Waals surface area contributed by atoms with E-state index in [4.69, 9.17) is 0 Å². The van der Waals surface area contributed by atoms with Crippen LogP contribution in [0.3, 0.4) is 0 Å². The number of fused-ring (bicyclic) bond motifs is 1. The Balaban J connectivity index is 1.68. The topological polar surface area (TPSA) is 65.2 Å². The Morgan fingerprint density at radius 3 is 2.68 bits per heavy atom. The predicted octanol–water partition coefficient (Wildman–Crippen LogP) is 3.18. The monoisotopic (exact) mass is 423 g/mol. The number of anilines is 1. The van der Waals surface area contributed by atoms with Crippen LogP contribution in [0.15, 0.2) is 41.2 Å². The number of rotatable bonds is 3. The summed E-state index contributed by atoms with van der Waals surface area (Å²) in [6, 6.07) is 11.2. The molecule has 6 nitrogen and oxygen atoms in total. The molecule has 8 heteroatoms. The van der Waals surface area contributed by atoms with Crippen molar-refractivity contribution in [2.24, 2.45) is 7.05 Å². The van der Waals surface area contributed by atoms with E-state index >= 15 is 0 Å². The Kier molecular flexibility index (Phi) is 5.46. The van der Waals surface area contributed by atoms with Crippen LogP contribution < -0.4 is 10.5 Å². The fourth-order valence-corrected chi connectivity index (χ4v) is 4.24. The number of hydrogen-bond acceptors (Lipinski definition) is 5. The van der Waals surface area contributed by atoms with Crippen LogP contribution in [-0.4, -0.2) is 39.6 Å². The van der Waals surface area contributed by atoms with Gasteiger partial charge in [-0.1, -0.05) is 12.1 Å². The molecule has 0 bridgehead atoms. The fraction of sp³-hybridized carbons (Fsp3) is 0.348. The smallest absolute Gasteiger partial charge is 0.252 e. The molecule has 0 N–H and O–H groups in total. The number of nitrogens with zero attached hydrogens (tertiary/aromatic N) is 5. The lowest BCUT2D eigenvalue weighted by atomic mass is 10.0. The van der Waals surface area contributed by atoms with Crippen LogP contribution in [0.1, 0.15) is 25.1 Å². The molecule has 2 aromatic heterocycles. The minimum Gasteiger partial charge on any atom is -0.364 e. The van der Waals surface area contributed by atoms with Gasteiger partial charge in [-0.05, 0) is 32.0 Å². The Labute approximate surface area is 179 Å². The van der Waals surface area contributed by atoms with Gasteiger partial charge in [-0.2, -0.15) is 5.26 Å². The summed E-state index contributed by atoms with van der Waals surface area (Å²) in [5.74, 6) is -1.65. The van der Waals surface area contributed by atoms with Gasteiger partial charge in [0, 0.05) is 50.4 Å². The summed E-state index contributed by atoms with van der Waals surface area (Å²) < 4.78 is 29.3. The van der Waals surface area contributed by atoms with Crippen LogP contribution >= 0.6 is 0 Å². The Morgan fingerprint density at radius 1 is 1.16 bits per heavy atom. The van der Waals surface area contributed by atoms with Crippen molar-refractivity contribution in [3.63, 3.8) is 0 Å². The molecule has 2 atom stereocenters. The molecule has 0 saturated carbocycles. The van der Waals surface area contributed by atoms with Crippen molar-refractivity contribution >= 4 is 16.7 Å². The van der Waals surface area contributed by atoms with Gasteiger partial charge in [0.15, 0.2) is 11.6 Å². The predicted molar refractivity (Wildman–Crippen MR) is 115 cm³/mol. The van der Waals surface area contributed by atoms with Gasteiger partial charge < -0.3 is 9.47 Å². The van der Waals surface area contributed by atoms with Gasteiger partial charge in [0.1, 0.15) is 17.3 Å². The number of nitriles is 1. The lowest BCUT2D eigenvalue weighted by Gasteiger charge is -2.45. The molecule has 1 aromatic carbocycles. The van der Waals surface area contributed by atoms with Crippen LogP contribution in [0.25, 0.3) is 11.0 Å². The van der Waals surface area contributed by atoms with Crippen molar-refractivity contribution in [2.75, 3.05) is 18.0 Å². The highest BCUT2D eigenvalue weighted by Crippen LogP contribution is 2.29. The van der Waals surface area contributed by atoms with Gasteiger partial charge in [-0.15, -0.1) is 0 Å². The summed E-state index contributed by atoms with van der Waals surface area (Å²) in [4.78, 5) is 21.3. The lowest BCUT2D eigenvalue weighted by Crippen LogP contribution is -2.56. The highest BCUT2D eigenvalue weighted by atomic mass is 19.2. The summed E-state index contributed by atoms with van der Waals surface area (Å²) in [5.41, 5.74) is 2.40. The molecule has 160 valence electrons. The van der Waals surface area contributed by atoms with Crippen molar-refractivity contribution in [2.45, 2.75) is 32.5 Å². The quantitative estimate of drug-likeness (QED) is 0.648. The maximum Gasteiger partial charge on any atom is 0.252 e. The van der Waals surface area contributed by atoms with E-state index in [9.17, 15) is 18.8 Å². The second-order valence-corrected chi connectivity index (χ2v) is 8.10. The number of aryl methyl sites for hydroxylation is 1. The van der Waals surface area contributed by atoms with E-state index in [0.29, 0.717) is 41.9 Å². The summed E-state index contributed by atoms with van der Waals surface area (Å²) in [6.45, 7) is 5.54. The van der Waals surface area contributed by atoms with Gasteiger partial charge in [-0.25, -0.2) is 13.8 Å². The van der Waals surface area contributed by atoms with Gasteiger partial charge in [0.2, 0.25) is 0 Å². The van der Waals surface area contributed by atoms with E-state index in [2.05, 4.69) is 20.9 Å². The number of benzene rings is 1. The third-order valence-corrected chi connectivity index (χ3v) is 6.01. The number of halogens is 2. The van der Waals surface area contributed by atoms with E-state index in [1.54, 1.807) is 31.3 Å². The number of aromatic nitrogens is 2. The largest absolute Gasteiger partial charge is 0.364 e. The third-order valence-electron chi connectivity index (χ3n) is 6.01. The average molecular weight is 423 g/mol. The van der Waals surface area contributed by atoms with Crippen molar-refractivity contribution in [3.05, 3.63) is 69.6 Å². The molecule has 0 spiro atoms. The van der Waals surface area contributed by atoms with Gasteiger partial charge in [0.05, 0.1) is 11.2 Å². The normalized spacial score (nSPS) is 19.5. The standard InChI is InChI=1S/C23H23F2N5O/c1-14-12-30(15(2)11-29(14)13-16-5-4-6-18(24)22(16)25)20-9-21(31)28(3)19-8-7-17(10-26)27-23(19)20/h4-9,14-15H,11-13H2,1-3H3/t14?,15-/m0/s1. The maximum atomic E-state index is 14.2. The lowest BCUT2D eigenvalue weighted by molar-refractivity contribution is 0.156. The molecule has 4 rings (SSSR count). The van der Waals surface area contributed by atoms with Crippen molar-refractivity contribution in [1.29, 1.82) is 5.26 Å². The first-order chi connectivity index (χ1) is 14.8. The minimum absolute atomic E-state index is 0.00401. The van der Waals surface area contributed by atoms with Gasteiger partial charge in [-0.3, -0.25) is 9.69 Å². The van der Waals surface area contributed by atoms with E-state index in [1.807, 2.05) is 13.8 Å². The van der Waals surface area contributed by atoms with E-state index in [0.717, 1.165) is 6.07 Å². The van der Waals surface area contributed by atoms with Crippen molar-refractivity contribution in [1.82, 2.24) is 14.5 Å². The zero-order valence-electron chi connectivity index (χ0n) is 17.6. The van der Waals surface area contributed by atoms with Crippen LogP contribution in [0.5, 0.6) is 0 Å². The first kappa shape index (κ1) is 20.9. The SMILES string of the molecule is CC1CN(c2cc(=O)n(C)c3ccc(C#N)nc23)[C@@H](C)CN1Cc1cccc(F)c1F. The molecule has 3 heterocycles. The second-order valence-electron chi connectivity index (χ2n) is 8.10. The molecular weight excluding hydrogens is 400 g/mol. The van der Waals surface area contributed by atoms with Crippen LogP contribution in [0.4, 0.5) is 14.5 Å². The summed E-state index contributed by atoms with van der Waals surface area (Å²) in [5, 5.41) is 9.27. The molecule has 0 radical (unpaired) electrons. The molecule has 31 heavy (non-hydrogen) atoms. The average Bonchev–Trinajstić information content (AvgIpc) is 2.76. The summed E-state index contributed by atoms with van der Waals surface area (Å²) in [7, 11) is 1.68. The summed E-state index contributed by atoms with van der Waals surface area (Å²) >= 11 is 0. The molecular formula is C23H23F2N5O. The molecule has 0 aliphatic carbocycles. The van der Waals surface area contributed by atoms with Crippen LogP contribution in [0.2, 0.25) is 0 Å². The minimum atomic E-state index is -0.845. The summed E-state index contributed by atoms with van der Waals surface area (Å²) in [6.07, 6.45) is 0. The first-order valence-electron chi connectivity index (χ1n) is 10.1. The Bertz CT molecular complexity index is 1250. The molecule has 1 fully saturated rings. The van der Waals surface area contributed by atoms with Gasteiger partial charge in [0.25, 0.3) is 5.56 Å². The number of piperazine rings is 1. The molecule has 1 saturated heterocycles. The van der Waals surface area contributed by atoms with E-state index in [1.165, 1.54) is 10.6 Å². The van der Waals surface area contributed by atoms with Crippen LogP contribution in [0, 0.1) is 23.0 Å². The second kappa shape index (κ2) is 8.08. The fourth-order valence-electron chi connectivity index (χ4n) is 4.24. The number of pyridine rings is 2. The Morgan fingerprint density at radius 2 is 1.94 bits per heavy atom. The molecule has 1 unspecified atom stereocenters. The van der Waals surface area contributed by atoms with Crippen molar-refractivity contribution < 1.29 is 8.78 Å². The highest BCUT2D eigenvalue weighted by molar-refractivity contribution is 5.89. The maximum absolute atomic E-state index is 14.2. The Hall–Kier alpha value is -3.31. The molecule has 0 amide bonds. The van der Waals surface area contributed by atoms with E-state index < -0.39 is 11.6 Å². The zero-order valence-corrected chi connectivity index (χ0v) is 17.6. The van der Waals surface area contributed by atoms with Crippen molar-refractivity contribution in [3.8, 4) is 6.07 Å².